The third kappa shape index (κ3) is 5.69. The number of hydrogen-bond donors (Lipinski definition) is 0. The number of amides is 1. The van der Waals surface area contributed by atoms with Gasteiger partial charge in [-0.25, -0.2) is 4.98 Å². The molecule has 7 nitrogen and oxygen atoms in total. The molecule has 0 saturated carbocycles. The summed E-state index contributed by atoms with van der Waals surface area (Å²) in [7, 11) is 4.42. The van der Waals surface area contributed by atoms with Gasteiger partial charge in [0.25, 0.3) is 5.91 Å². The Morgan fingerprint density at radius 2 is 1.66 bits per heavy atom. The Labute approximate surface area is 175 Å². The molecule has 1 heterocycles. The summed E-state index contributed by atoms with van der Waals surface area (Å²) in [5, 5.41) is 0.874. The Hall–Kier alpha value is -2.61. The van der Waals surface area contributed by atoms with E-state index < -0.39 is 5.97 Å². The van der Waals surface area contributed by atoms with Crippen molar-refractivity contribution in [3.63, 3.8) is 0 Å². The molecule has 158 valence electrons. The van der Waals surface area contributed by atoms with E-state index in [1.807, 2.05) is 27.7 Å². The predicted octanol–water partition coefficient (Wildman–Crippen LogP) is 3.58. The molecule has 2 aromatic rings. The molecule has 0 atom stereocenters. The number of hydrogen-bond acceptors (Lipinski definition) is 7. The first kappa shape index (κ1) is 22.7. The van der Waals surface area contributed by atoms with Gasteiger partial charge in [0.1, 0.15) is 22.9 Å². The number of ether oxygens (including phenoxy) is 3. The van der Waals surface area contributed by atoms with Crippen LogP contribution in [0.5, 0.6) is 11.5 Å². The standard InChI is InChI=1S/C21H28N2O5S/c1-13-18(29-20(22-13)21(2,3)4)19(25)23(12-17(24)28-7)11-14-8-15(26-5)10-16(9-14)27-6/h8-10H,11-12H2,1-7H3. The second-order valence-electron chi connectivity index (χ2n) is 7.64. The fourth-order valence-corrected chi connectivity index (χ4v) is 3.75. The normalized spacial score (nSPS) is 11.1. The molecule has 1 aromatic heterocycles. The molecule has 0 aliphatic heterocycles. The summed E-state index contributed by atoms with van der Waals surface area (Å²) < 4.78 is 15.4. The number of rotatable bonds is 7. The quantitative estimate of drug-likeness (QED) is 0.637. The molecule has 2 rings (SSSR count). The van der Waals surface area contributed by atoms with Crippen molar-refractivity contribution < 1.29 is 23.8 Å². The molecule has 0 aliphatic carbocycles. The Bertz CT molecular complexity index is 863. The number of benzene rings is 1. The lowest BCUT2D eigenvalue weighted by atomic mass is 9.98. The SMILES string of the molecule is COC(=O)CN(Cc1cc(OC)cc(OC)c1)C(=O)c1sc(C(C)(C)C)nc1C. The van der Waals surface area contributed by atoms with Crippen molar-refractivity contribution >= 4 is 23.2 Å². The summed E-state index contributed by atoms with van der Waals surface area (Å²) in [6.45, 7) is 7.99. The van der Waals surface area contributed by atoms with Crippen molar-refractivity contribution in [1.29, 1.82) is 0 Å². The molecule has 0 N–H and O–H groups in total. The Morgan fingerprint density at radius 3 is 2.10 bits per heavy atom. The number of methoxy groups -OCH3 is 3. The first-order valence-electron chi connectivity index (χ1n) is 9.15. The first-order valence-corrected chi connectivity index (χ1v) is 9.96. The fourth-order valence-electron chi connectivity index (χ4n) is 2.66. The average Bonchev–Trinajstić information content (AvgIpc) is 3.08. The zero-order valence-electron chi connectivity index (χ0n) is 18.0. The minimum Gasteiger partial charge on any atom is -0.497 e. The molecular weight excluding hydrogens is 392 g/mol. The average molecular weight is 421 g/mol. The van der Waals surface area contributed by atoms with Crippen LogP contribution in [0.15, 0.2) is 18.2 Å². The fraction of sp³-hybridized carbons (Fsp3) is 0.476. The van der Waals surface area contributed by atoms with E-state index in [0.717, 1.165) is 10.6 Å². The monoisotopic (exact) mass is 420 g/mol. The van der Waals surface area contributed by atoms with Crippen molar-refractivity contribution in [1.82, 2.24) is 9.88 Å². The van der Waals surface area contributed by atoms with Gasteiger partial charge in [0, 0.05) is 18.0 Å². The van der Waals surface area contributed by atoms with Crippen molar-refractivity contribution in [3.8, 4) is 11.5 Å². The van der Waals surface area contributed by atoms with E-state index >= 15 is 0 Å². The van der Waals surface area contributed by atoms with E-state index in [9.17, 15) is 9.59 Å². The molecule has 0 unspecified atom stereocenters. The molecular formula is C21H28N2O5S. The Balaban J connectivity index is 2.39. The van der Waals surface area contributed by atoms with Crippen LogP contribution in [-0.2, 0) is 21.5 Å². The first-order chi connectivity index (χ1) is 13.6. The summed E-state index contributed by atoms with van der Waals surface area (Å²) >= 11 is 1.36. The topological polar surface area (TPSA) is 78.0 Å². The lowest BCUT2D eigenvalue weighted by molar-refractivity contribution is -0.141. The molecule has 0 fully saturated rings. The molecule has 0 radical (unpaired) electrons. The van der Waals surface area contributed by atoms with Crippen LogP contribution in [0.3, 0.4) is 0 Å². The van der Waals surface area contributed by atoms with Crippen molar-refractivity contribution in [3.05, 3.63) is 39.3 Å². The van der Waals surface area contributed by atoms with Crippen LogP contribution in [0, 0.1) is 6.92 Å². The number of aromatic nitrogens is 1. The van der Waals surface area contributed by atoms with Crippen LogP contribution in [0.25, 0.3) is 0 Å². The van der Waals surface area contributed by atoms with Gasteiger partial charge in [0.05, 0.1) is 32.0 Å². The lowest BCUT2D eigenvalue weighted by Crippen LogP contribution is -2.35. The maximum atomic E-state index is 13.3. The Morgan fingerprint density at radius 1 is 1.07 bits per heavy atom. The van der Waals surface area contributed by atoms with Gasteiger partial charge in [-0.2, -0.15) is 0 Å². The molecule has 0 saturated heterocycles. The summed E-state index contributed by atoms with van der Waals surface area (Å²) in [5.74, 6) is 0.455. The maximum Gasteiger partial charge on any atom is 0.325 e. The molecule has 0 spiro atoms. The number of esters is 1. The molecule has 1 aromatic carbocycles. The molecule has 0 bridgehead atoms. The highest BCUT2D eigenvalue weighted by Crippen LogP contribution is 2.30. The molecule has 1 amide bonds. The second kappa shape index (κ2) is 9.26. The number of thiazole rings is 1. The van der Waals surface area contributed by atoms with Crippen LogP contribution in [0.2, 0.25) is 0 Å². The number of aryl methyl sites for hydroxylation is 1. The van der Waals surface area contributed by atoms with Gasteiger partial charge in [-0.15, -0.1) is 11.3 Å². The highest BCUT2D eigenvalue weighted by atomic mass is 32.1. The zero-order chi connectivity index (χ0) is 21.8. The van der Waals surface area contributed by atoms with E-state index in [0.29, 0.717) is 22.1 Å². The van der Waals surface area contributed by atoms with Gasteiger partial charge >= 0.3 is 5.97 Å². The van der Waals surface area contributed by atoms with E-state index in [1.165, 1.54) is 23.3 Å². The van der Waals surface area contributed by atoms with Gasteiger partial charge in [-0.05, 0) is 24.6 Å². The van der Waals surface area contributed by atoms with Crippen LogP contribution in [0.1, 0.15) is 46.7 Å². The van der Waals surface area contributed by atoms with Crippen LogP contribution < -0.4 is 9.47 Å². The maximum absolute atomic E-state index is 13.3. The van der Waals surface area contributed by atoms with Gasteiger partial charge < -0.3 is 19.1 Å². The van der Waals surface area contributed by atoms with Gasteiger partial charge in [-0.1, -0.05) is 20.8 Å². The van der Waals surface area contributed by atoms with Gasteiger partial charge in [0.15, 0.2) is 0 Å². The smallest absolute Gasteiger partial charge is 0.325 e. The van der Waals surface area contributed by atoms with Gasteiger partial charge in [-0.3, -0.25) is 9.59 Å². The van der Waals surface area contributed by atoms with Crippen LogP contribution >= 0.6 is 11.3 Å². The zero-order valence-corrected chi connectivity index (χ0v) is 18.8. The third-order valence-electron chi connectivity index (χ3n) is 4.25. The summed E-state index contributed by atoms with van der Waals surface area (Å²) in [5.41, 5.74) is 1.26. The number of nitrogens with zero attached hydrogens (tertiary/aromatic N) is 2. The summed E-state index contributed by atoms with van der Waals surface area (Å²) in [6.07, 6.45) is 0. The summed E-state index contributed by atoms with van der Waals surface area (Å²) in [6, 6.07) is 5.36. The van der Waals surface area contributed by atoms with E-state index in [2.05, 4.69) is 4.98 Å². The van der Waals surface area contributed by atoms with Crippen LogP contribution in [0.4, 0.5) is 0 Å². The minimum absolute atomic E-state index is 0.165. The van der Waals surface area contributed by atoms with Crippen molar-refractivity contribution in [2.24, 2.45) is 0 Å². The summed E-state index contributed by atoms with van der Waals surface area (Å²) in [4.78, 5) is 31.8. The molecule has 0 aliphatic rings. The van der Waals surface area contributed by atoms with Crippen LogP contribution in [-0.4, -0.2) is 49.6 Å². The predicted molar refractivity (Wildman–Crippen MR) is 112 cm³/mol. The second-order valence-corrected chi connectivity index (χ2v) is 8.64. The largest absolute Gasteiger partial charge is 0.497 e. The van der Waals surface area contributed by atoms with E-state index in [4.69, 9.17) is 14.2 Å². The van der Waals surface area contributed by atoms with E-state index in [1.54, 1.807) is 32.4 Å². The minimum atomic E-state index is -0.494. The lowest BCUT2D eigenvalue weighted by Gasteiger charge is -2.22. The number of carbonyl (C=O) groups is 2. The molecule has 8 heteroatoms. The third-order valence-corrected chi connectivity index (χ3v) is 5.82. The molecule has 29 heavy (non-hydrogen) atoms. The van der Waals surface area contributed by atoms with Crippen molar-refractivity contribution in [2.45, 2.75) is 39.7 Å². The Kier molecular flexibility index (Phi) is 7.24. The highest BCUT2D eigenvalue weighted by Gasteiger charge is 2.27. The number of carbonyl (C=O) groups excluding carboxylic acids is 2. The van der Waals surface area contributed by atoms with Gasteiger partial charge in [0.2, 0.25) is 0 Å². The van der Waals surface area contributed by atoms with E-state index in [-0.39, 0.29) is 24.4 Å². The van der Waals surface area contributed by atoms with Crippen molar-refractivity contribution in [2.75, 3.05) is 27.9 Å². The highest BCUT2D eigenvalue weighted by molar-refractivity contribution is 7.14.